The molecule has 172 valence electrons. The summed E-state index contributed by atoms with van der Waals surface area (Å²) < 4.78 is 28.8. The molecule has 0 saturated heterocycles. The van der Waals surface area contributed by atoms with Gasteiger partial charge in [0.1, 0.15) is 0 Å². The van der Waals surface area contributed by atoms with E-state index in [1.165, 1.54) is 15.8 Å². The summed E-state index contributed by atoms with van der Waals surface area (Å²) in [6.45, 7) is 3.29. The van der Waals surface area contributed by atoms with Crippen LogP contribution in [0.25, 0.3) is 11.3 Å². The molecule has 0 aliphatic heterocycles. The number of hydrogen-bond donors (Lipinski definition) is 1. The van der Waals surface area contributed by atoms with Gasteiger partial charge in [-0.05, 0) is 63.0 Å². The molecule has 9 heteroatoms. The number of aromatic nitrogens is 2. The number of benzene rings is 1. The Balaban J connectivity index is 0.00000341. The minimum absolute atomic E-state index is 0. The van der Waals surface area contributed by atoms with Gasteiger partial charge in [0.05, 0.1) is 18.0 Å². The fourth-order valence-corrected chi connectivity index (χ4v) is 5.22. The van der Waals surface area contributed by atoms with E-state index in [9.17, 15) is 13.2 Å². The zero-order chi connectivity index (χ0) is 21.7. The van der Waals surface area contributed by atoms with Crippen LogP contribution in [-0.2, 0) is 29.4 Å². The van der Waals surface area contributed by atoms with Gasteiger partial charge in [0.25, 0.3) is 5.56 Å². The first-order valence-electron chi connectivity index (χ1n) is 10.6. The van der Waals surface area contributed by atoms with Crippen LogP contribution in [0.4, 0.5) is 0 Å². The largest absolute Gasteiger partial charge is 0.308 e. The number of sulfonamides is 1. The van der Waals surface area contributed by atoms with E-state index in [1.54, 1.807) is 12.1 Å². The van der Waals surface area contributed by atoms with E-state index in [1.807, 2.05) is 32.0 Å². The van der Waals surface area contributed by atoms with Gasteiger partial charge in [0, 0.05) is 24.2 Å². The Bertz CT molecular complexity index is 1040. The molecular formula is C22H33ClN4O3S. The normalized spacial score (nSPS) is 16.1. The van der Waals surface area contributed by atoms with Crippen LogP contribution in [0.3, 0.4) is 0 Å². The Kier molecular flexibility index (Phi) is 9.24. The zero-order valence-electron chi connectivity index (χ0n) is 18.5. The molecule has 0 radical (unpaired) electrons. The number of aryl methyl sites for hydroxylation is 1. The summed E-state index contributed by atoms with van der Waals surface area (Å²) in [5, 5.41) is 4.54. The Morgan fingerprint density at radius 2 is 1.97 bits per heavy atom. The van der Waals surface area contributed by atoms with E-state index in [2.05, 4.69) is 22.0 Å². The predicted octanol–water partition coefficient (Wildman–Crippen LogP) is 2.47. The van der Waals surface area contributed by atoms with E-state index in [-0.39, 0.29) is 29.8 Å². The average Bonchev–Trinajstić information content (AvgIpc) is 2.71. The van der Waals surface area contributed by atoms with E-state index < -0.39 is 10.0 Å². The third-order valence-corrected chi connectivity index (χ3v) is 6.99. The number of hydrogen-bond acceptors (Lipinski definition) is 5. The van der Waals surface area contributed by atoms with Gasteiger partial charge >= 0.3 is 0 Å². The molecule has 1 heterocycles. The van der Waals surface area contributed by atoms with Crippen molar-refractivity contribution in [2.75, 3.05) is 26.4 Å². The summed E-state index contributed by atoms with van der Waals surface area (Å²) in [7, 11) is 0.722. The molecule has 3 rings (SSSR count). The van der Waals surface area contributed by atoms with Gasteiger partial charge in [-0.15, -0.1) is 12.4 Å². The van der Waals surface area contributed by atoms with Crippen molar-refractivity contribution < 1.29 is 8.42 Å². The SMILES string of the molecule is CCCCS(=O)(=O)NC1CCc2cc(-c3ccc(=O)n(CCN(C)C)n3)ccc2C1.Cl. The molecule has 2 aromatic rings. The second-order valence-corrected chi connectivity index (χ2v) is 10.2. The van der Waals surface area contributed by atoms with E-state index in [0.717, 1.165) is 37.1 Å². The van der Waals surface area contributed by atoms with Gasteiger partial charge < -0.3 is 4.90 Å². The van der Waals surface area contributed by atoms with Gasteiger partial charge in [0.15, 0.2) is 0 Å². The monoisotopic (exact) mass is 468 g/mol. The van der Waals surface area contributed by atoms with Crippen LogP contribution in [0.15, 0.2) is 35.1 Å². The Morgan fingerprint density at radius 3 is 2.68 bits per heavy atom. The third-order valence-electron chi connectivity index (χ3n) is 5.47. The van der Waals surface area contributed by atoms with Crippen LogP contribution < -0.4 is 10.3 Å². The lowest BCUT2D eigenvalue weighted by Crippen LogP contribution is -2.40. The minimum atomic E-state index is -3.21. The van der Waals surface area contributed by atoms with Crippen LogP contribution in [0, 0.1) is 0 Å². The maximum Gasteiger partial charge on any atom is 0.266 e. The van der Waals surface area contributed by atoms with Crippen molar-refractivity contribution in [1.29, 1.82) is 0 Å². The summed E-state index contributed by atoms with van der Waals surface area (Å²) in [5.74, 6) is 0.195. The van der Waals surface area contributed by atoms with Gasteiger partial charge in [0.2, 0.25) is 10.0 Å². The molecule has 0 fully saturated rings. The highest BCUT2D eigenvalue weighted by atomic mass is 35.5. The average molecular weight is 469 g/mol. The third kappa shape index (κ3) is 7.14. The van der Waals surface area contributed by atoms with Crippen molar-refractivity contribution in [2.24, 2.45) is 0 Å². The number of likely N-dealkylation sites (N-methyl/N-ethyl adjacent to an activating group) is 1. The zero-order valence-corrected chi connectivity index (χ0v) is 20.1. The maximum absolute atomic E-state index is 12.2. The molecule has 1 aromatic heterocycles. The Morgan fingerprint density at radius 1 is 1.19 bits per heavy atom. The number of halogens is 1. The number of nitrogens with zero attached hydrogens (tertiary/aromatic N) is 3. The summed E-state index contributed by atoms with van der Waals surface area (Å²) in [6.07, 6.45) is 3.87. The van der Waals surface area contributed by atoms with Crippen molar-refractivity contribution in [3.05, 3.63) is 51.8 Å². The summed E-state index contributed by atoms with van der Waals surface area (Å²) in [5.41, 5.74) is 4.06. The number of unbranched alkanes of at least 4 members (excludes halogenated alkanes) is 1. The fourth-order valence-electron chi connectivity index (χ4n) is 3.72. The number of fused-ring (bicyclic) bond motifs is 1. The van der Waals surface area contributed by atoms with Crippen molar-refractivity contribution in [3.8, 4) is 11.3 Å². The van der Waals surface area contributed by atoms with Crippen molar-refractivity contribution in [2.45, 2.75) is 51.6 Å². The van der Waals surface area contributed by atoms with Gasteiger partial charge in [-0.2, -0.15) is 5.10 Å². The van der Waals surface area contributed by atoms with Crippen molar-refractivity contribution in [1.82, 2.24) is 19.4 Å². The highest BCUT2D eigenvalue weighted by Crippen LogP contribution is 2.27. The molecule has 1 N–H and O–H groups in total. The molecule has 0 spiro atoms. The van der Waals surface area contributed by atoms with Crippen LogP contribution in [-0.4, -0.2) is 55.5 Å². The second kappa shape index (κ2) is 11.2. The highest BCUT2D eigenvalue weighted by Gasteiger charge is 2.23. The van der Waals surface area contributed by atoms with Gasteiger partial charge in [-0.3, -0.25) is 4.79 Å². The topological polar surface area (TPSA) is 84.3 Å². The Labute approximate surface area is 191 Å². The molecule has 31 heavy (non-hydrogen) atoms. The second-order valence-electron chi connectivity index (χ2n) is 8.30. The molecule has 0 bridgehead atoms. The van der Waals surface area contributed by atoms with Crippen LogP contribution >= 0.6 is 12.4 Å². The number of rotatable bonds is 9. The lowest BCUT2D eigenvalue weighted by molar-refractivity contribution is 0.368. The molecular weight excluding hydrogens is 436 g/mol. The number of nitrogens with one attached hydrogen (secondary N) is 1. The van der Waals surface area contributed by atoms with Crippen molar-refractivity contribution >= 4 is 22.4 Å². The minimum Gasteiger partial charge on any atom is -0.308 e. The smallest absolute Gasteiger partial charge is 0.266 e. The standard InChI is InChI=1S/C22H32N4O3S.ClH/c1-4-5-14-30(28,29)24-20-9-8-17-15-19(7-6-18(17)16-20)21-10-11-22(27)26(23-21)13-12-25(2)3;/h6-7,10-11,15,20,24H,4-5,8-9,12-14,16H2,1-3H3;1H. The van der Waals surface area contributed by atoms with E-state index in [4.69, 9.17) is 0 Å². The highest BCUT2D eigenvalue weighted by molar-refractivity contribution is 7.89. The summed E-state index contributed by atoms with van der Waals surface area (Å²) in [6, 6.07) is 9.49. The van der Waals surface area contributed by atoms with E-state index in [0.29, 0.717) is 19.4 Å². The summed E-state index contributed by atoms with van der Waals surface area (Å²) in [4.78, 5) is 14.1. The quantitative estimate of drug-likeness (QED) is 0.611. The first kappa shape index (κ1) is 25.5. The molecule has 0 saturated carbocycles. The summed E-state index contributed by atoms with van der Waals surface area (Å²) >= 11 is 0. The predicted molar refractivity (Wildman–Crippen MR) is 127 cm³/mol. The lowest BCUT2D eigenvalue weighted by Gasteiger charge is -2.26. The Hall–Kier alpha value is -1.74. The molecule has 1 aliphatic carbocycles. The fraction of sp³-hybridized carbons (Fsp3) is 0.545. The molecule has 7 nitrogen and oxygen atoms in total. The maximum atomic E-state index is 12.2. The molecule has 1 aliphatic rings. The van der Waals surface area contributed by atoms with Gasteiger partial charge in [-0.25, -0.2) is 17.8 Å². The van der Waals surface area contributed by atoms with E-state index >= 15 is 0 Å². The molecule has 1 unspecified atom stereocenters. The first-order chi connectivity index (χ1) is 14.3. The van der Waals surface area contributed by atoms with Crippen molar-refractivity contribution in [3.63, 3.8) is 0 Å². The van der Waals surface area contributed by atoms with Crippen LogP contribution in [0.1, 0.15) is 37.3 Å². The van der Waals surface area contributed by atoms with Crippen LogP contribution in [0.2, 0.25) is 0 Å². The lowest BCUT2D eigenvalue weighted by atomic mass is 9.87. The van der Waals surface area contributed by atoms with Gasteiger partial charge in [-0.1, -0.05) is 25.5 Å². The van der Waals surface area contributed by atoms with Crippen LogP contribution in [0.5, 0.6) is 0 Å². The molecule has 0 amide bonds. The molecule has 1 aromatic carbocycles. The first-order valence-corrected chi connectivity index (χ1v) is 12.3. The molecule has 1 atom stereocenters.